The van der Waals surface area contributed by atoms with E-state index in [2.05, 4.69) is 83.4 Å². The molecule has 0 aliphatic heterocycles. The lowest BCUT2D eigenvalue weighted by molar-refractivity contribution is 1.01. The predicted molar refractivity (Wildman–Crippen MR) is 264 cm³/mol. The van der Waals surface area contributed by atoms with Gasteiger partial charge in [0.1, 0.15) is 0 Å². The molecule has 0 saturated heterocycles. The molecule has 1 aliphatic rings. The fraction of sp³-hybridized carbons (Fsp3) is 0.0164. The van der Waals surface area contributed by atoms with Gasteiger partial charge in [-0.05, 0) is 116 Å². The Balaban J connectivity index is 1.13. The number of rotatable bonds is 6. The van der Waals surface area contributed by atoms with Crippen molar-refractivity contribution in [1.29, 1.82) is 0 Å². The second-order valence-electron chi connectivity index (χ2n) is 15.5. The van der Waals surface area contributed by atoms with Crippen molar-refractivity contribution in [3.8, 4) is 55.9 Å². The van der Waals surface area contributed by atoms with Crippen molar-refractivity contribution in [1.82, 2.24) is 9.13 Å². The predicted octanol–water partition coefficient (Wildman–Crippen LogP) is 16.0. The van der Waals surface area contributed by atoms with Crippen molar-refractivity contribution < 1.29 is 23.3 Å². The SMILES string of the molecule is [2H]c1c([2H])c([2H])c(-c2c([2H])c([2H])c([2H])c(-c3c([2H])c(-c4c([2H])c([2H])c([2H])c([2H])c4[2H])c([2H])c(-n4c5ccccc5c5cc(-n6c7ccccc7c7cccc(C8c9ccccc9-c9ccccc98)c76)ccc54)c3[2H])c2[2H])c([2H])c1[2H]. The molecular formula is C61H40N2. The van der Waals surface area contributed by atoms with Crippen LogP contribution in [-0.2, 0) is 0 Å². The smallest absolute Gasteiger partial charge is 0.0651 e. The van der Waals surface area contributed by atoms with E-state index >= 15 is 0 Å². The molecule has 2 heterocycles. The average molecular weight is 818 g/mol. The van der Waals surface area contributed by atoms with E-state index in [1.165, 1.54) is 22.3 Å². The van der Waals surface area contributed by atoms with Crippen LogP contribution in [0.2, 0.25) is 0 Å². The number of hydrogen-bond acceptors (Lipinski definition) is 0. The van der Waals surface area contributed by atoms with Crippen LogP contribution < -0.4 is 0 Å². The maximum absolute atomic E-state index is 10.2. The summed E-state index contributed by atoms with van der Waals surface area (Å²) in [5.74, 6) is -0.109. The van der Waals surface area contributed by atoms with Crippen molar-refractivity contribution in [3.05, 3.63) is 253 Å². The number of fused-ring (bicyclic) bond motifs is 9. The highest BCUT2D eigenvalue weighted by Gasteiger charge is 2.32. The van der Waals surface area contributed by atoms with Gasteiger partial charge in [0.05, 0.1) is 45.4 Å². The summed E-state index contributed by atoms with van der Waals surface area (Å²) < 4.78 is 158. The van der Waals surface area contributed by atoms with Crippen molar-refractivity contribution in [2.45, 2.75) is 5.92 Å². The number of benzene rings is 10. The van der Waals surface area contributed by atoms with E-state index in [0.29, 0.717) is 21.8 Å². The van der Waals surface area contributed by atoms with E-state index in [-0.39, 0.29) is 11.6 Å². The van der Waals surface area contributed by atoms with Gasteiger partial charge < -0.3 is 9.13 Å². The first-order valence-electron chi connectivity index (χ1n) is 29.0. The van der Waals surface area contributed by atoms with Gasteiger partial charge in [-0.3, -0.25) is 0 Å². The van der Waals surface area contributed by atoms with E-state index in [0.717, 1.165) is 33.1 Å². The molecule has 2 nitrogen and oxygen atoms in total. The van der Waals surface area contributed by atoms with Crippen LogP contribution in [0.25, 0.3) is 99.5 Å². The van der Waals surface area contributed by atoms with Gasteiger partial charge in [0.15, 0.2) is 0 Å². The molecule has 2 aromatic heterocycles. The molecule has 0 unspecified atom stereocenters. The zero-order valence-corrected chi connectivity index (χ0v) is 33.2. The standard InChI is InChI=1S/C61H40N2/c1-3-17-40(18-4-1)42-21-15-22-43(35-42)45-36-44(41-19-5-2-6-20-41)37-47(38-45)62-57-31-13-12-26-51(57)56-39-46(33-34-59(56)62)63-58-32-14-11-25-50(58)54-29-16-30-55(61(54)63)60-52-27-9-7-23-48(52)49-24-8-10-28-53(49)60/h1-39,60H/i1D,2D,3D,4D,5D,6D,15D,17D,18D,19D,20D,21D,22D,35D,36D,37D,38D. The van der Waals surface area contributed by atoms with Gasteiger partial charge in [0.25, 0.3) is 0 Å². The third kappa shape index (κ3) is 5.58. The molecule has 0 spiro atoms. The zero-order valence-electron chi connectivity index (χ0n) is 50.2. The Morgan fingerprint density at radius 1 is 0.333 bits per heavy atom. The summed E-state index contributed by atoms with van der Waals surface area (Å²) in [5.41, 5.74) is 5.38. The van der Waals surface area contributed by atoms with Gasteiger partial charge in [0, 0.05) is 38.8 Å². The molecule has 10 aromatic carbocycles. The molecule has 294 valence electrons. The van der Waals surface area contributed by atoms with Gasteiger partial charge in [-0.2, -0.15) is 0 Å². The Labute approximate surface area is 390 Å². The largest absolute Gasteiger partial charge is 0.309 e. The average Bonchev–Trinajstić information content (AvgIpc) is 4.19. The molecule has 2 heteroatoms. The quantitative estimate of drug-likeness (QED) is 0.158. The van der Waals surface area contributed by atoms with Crippen LogP contribution >= 0.6 is 0 Å². The van der Waals surface area contributed by atoms with Crippen LogP contribution in [0.3, 0.4) is 0 Å². The molecule has 63 heavy (non-hydrogen) atoms. The number of nitrogens with zero attached hydrogens (tertiary/aromatic N) is 2. The number of hydrogen-bond donors (Lipinski definition) is 0. The lowest BCUT2D eigenvalue weighted by Gasteiger charge is -2.18. The fourth-order valence-corrected chi connectivity index (χ4v) is 9.54. The number of para-hydroxylation sites is 3. The molecule has 0 bridgehead atoms. The van der Waals surface area contributed by atoms with Crippen LogP contribution in [0.4, 0.5) is 0 Å². The Morgan fingerprint density at radius 2 is 0.825 bits per heavy atom. The van der Waals surface area contributed by atoms with Gasteiger partial charge in [-0.15, -0.1) is 0 Å². The van der Waals surface area contributed by atoms with Crippen LogP contribution in [0, 0.1) is 0 Å². The molecule has 0 atom stereocenters. The van der Waals surface area contributed by atoms with Crippen LogP contribution in [0.1, 0.15) is 45.9 Å². The van der Waals surface area contributed by atoms with E-state index in [1.54, 1.807) is 16.7 Å². The Kier molecular flexibility index (Phi) is 5.09. The minimum atomic E-state index is -0.878. The normalized spacial score (nSPS) is 16.2. The summed E-state index contributed by atoms with van der Waals surface area (Å²) in [6.07, 6.45) is 0. The van der Waals surface area contributed by atoms with Gasteiger partial charge in [0.2, 0.25) is 0 Å². The first kappa shape index (κ1) is 22.6. The van der Waals surface area contributed by atoms with E-state index in [9.17, 15) is 6.85 Å². The molecule has 0 amide bonds. The molecule has 0 radical (unpaired) electrons. The van der Waals surface area contributed by atoms with Gasteiger partial charge in [-0.1, -0.05) is 182 Å². The highest BCUT2D eigenvalue weighted by atomic mass is 15.0. The lowest BCUT2D eigenvalue weighted by Crippen LogP contribution is -2.03. The second-order valence-corrected chi connectivity index (χ2v) is 15.5. The molecular weight excluding hydrogens is 761 g/mol. The first-order valence-corrected chi connectivity index (χ1v) is 20.5. The molecule has 0 N–H and O–H groups in total. The van der Waals surface area contributed by atoms with E-state index in [4.69, 9.17) is 16.4 Å². The molecule has 12 aromatic rings. The van der Waals surface area contributed by atoms with Gasteiger partial charge in [-0.25, -0.2) is 0 Å². The maximum Gasteiger partial charge on any atom is 0.0651 e. The van der Waals surface area contributed by atoms with Crippen LogP contribution in [-0.4, -0.2) is 9.13 Å². The summed E-state index contributed by atoms with van der Waals surface area (Å²) in [7, 11) is 0. The molecule has 1 aliphatic carbocycles. The monoisotopic (exact) mass is 817 g/mol. The second kappa shape index (κ2) is 14.2. The highest BCUT2D eigenvalue weighted by Crippen LogP contribution is 2.50. The lowest BCUT2D eigenvalue weighted by atomic mass is 9.88. The van der Waals surface area contributed by atoms with E-state index < -0.39 is 136 Å². The Hall–Kier alpha value is -8.20. The first-order chi connectivity index (χ1) is 38.4. The summed E-state index contributed by atoms with van der Waals surface area (Å²) in [6, 6.07) is 31.1. The third-order valence-electron chi connectivity index (χ3n) is 12.1. The highest BCUT2D eigenvalue weighted by molar-refractivity contribution is 6.13. The molecule has 13 rings (SSSR count). The summed E-state index contributed by atoms with van der Waals surface area (Å²) in [6.45, 7) is 0. The topological polar surface area (TPSA) is 9.86 Å². The molecule has 0 saturated carbocycles. The third-order valence-corrected chi connectivity index (χ3v) is 12.1. The summed E-state index contributed by atoms with van der Waals surface area (Å²) >= 11 is 0. The van der Waals surface area contributed by atoms with Crippen molar-refractivity contribution in [2.75, 3.05) is 0 Å². The minimum Gasteiger partial charge on any atom is -0.309 e. The van der Waals surface area contributed by atoms with Crippen LogP contribution in [0.5, 0.6) is 0 Å². The number of aromatic nitrogens is 2. The summed E-state index contributed by atoms with van der Waals surface area (Å²) in [5, 5.41) is 3.37. The van der Waals surface area contributed by atoms with Crippen molar-refractivity contribution >= 4 is 43.6 Å². The van der Waals surface area contributed by atoms with Crippen molar-refractivity contribution in [2.24, 2.45) is 0 Å². The van der Waals surface area contributed by atoms with Crippen LogP contribution in [0.15, 0.2) is 236 Å². The fourth-order valence-electron chi connectivity index (χ4n) is 9.54. The van der Waals surface area contributed by atoms with Gasteiger partial charge >= 0.3 is 0 Å². The Bertz CT molecular complexity index is 4660. The summed E-state index contributed by atoms with van der Waals surface area (Å²) in [4.78, 5) is 0. The van der Waals surface area contributed by atoms with Crippen molar-refractivity contribution in [3.63, 3.8) is 0 Å². The van der Waals surface area contributed by atoms with E-state index in [1.807, 2.05) is 42.5 Å². The minimum absolute atomic E-state index is 0.109. The Morgan fingerprint density at radius 3 is 1.52 bits per heavy atom. The maximum atomic E-state index is 10.2. The molecule has 0 fully saturated rings. The zero-order chi connectivity index (χ0) is 56.2.